The lowest BCUT2D eigenvalue weighted by atomic mass is 10.2. The number of hydrogen-bond donors (Lipinski definition) is 2. The van der Waals surface area contributed by atoms with E-state index in [0.717, 1.165) is 47.4 Å². The molecule has 0 aliphatic carbocycles. The van der Waals surface area contributed by atoms with E-state index in [2.05, 4.69) is 35.0 Å². The number of benzene rings is 2. The molecule has 0 radical (unpaired) electrons. The molecule has 0 saturated carbocycles. The number of nitrogens with zero attached hydrogens (tertiary/aromatic N) is 6. The predicted molar refractivity (Wildman–Crippen MR) is 135 cm³/mol. The van der Waals surface area contributed by atoms with Crippen molar-refractivity contribution in [2.24, 2.45) is 0 Å². The van der Waals surface area contributed by atoms with Crippen molar-refractivity contribution in [3.8, 4) is 17.1 Å². The molecule has 35 heavy (non-hydrogen) atoms. The summed E-state index contributed by atoms with van der Waals surface area (Å²) in [4.78, 5) is 13.0. The maximum atomic E-state index is 5.95. The van der Waals surface area contributed by atoms with Crippen LogP contribution >= 0.6 is 11.8 Å². The van der Waals surface area contributed by atoms with Crippen LogP contribution in [-0.4, -0.2) is 49.5 Å². The Morgan fingerprint density at radius 1 is 1.09 bits per heavy atom. The Morgan fingerprint density at radius 2 is 1.91 bits per heavy atom. The highest BCUT2D eigenvalue weighted by atomic mass is 32.2. The fourth-order valence-corrected chi connectivity index (χ4v) is 4.65. The van der Waals surface area contributed by atoms with Crippen molar-refractivity contribution < 1.29 is 9.47 Å². The number of nitrogen functional groups attached to an aromatic ring is 1. The summed E-state index contributed by atoms with van der Waals surface area (Å²) in [5, 5.41) is 12.9. The van der Waals surface area contributed by atoms with Crippen molar-refractivity contribution in [3.05, 3.63) is 60.4 Å². The van der Waals surface area contributed by atoms with Gasteiger partial charge in [0, 0.05) is 17.9 Å². The van der Waals surface area contributed by atoms with Crippen LogP contribution in [0.15, 0.2) is 59.8 Å². The number of aromatic nitrogens is 6. The lowest BCUT2D eigenvalue weighted by molar-refractivity contribution is 0.0953. The van der Waals surface area contributed by atoms with Crippen molar-refractivity contribution in [2.45, 2.75) is 36.4 Å². The van der Waals surface area contributed by atoms with Gasteiger partial charge in [-0.25, -0.2) is 0 Å². The van der Waals surface area contributed by atoms with Gasteiger partial charge in [-0.05, 0) is 49.2 Å². The summed E-state index contributed by atoms with van der Waals surface area (Å²) in [6, 6.07) is 17.5. The third-order valence-electron chi connectivity index (χ3n) is 5.53. The molecule has 3 heterocycles. The number of thioether (sulfide) groups is 1. The van der Waals surface area contributed by atoms with E-state index < -0.39 is 0 Å². The molecule has 0 amide bonds. The summed E-state index contributed by atoms with van der Waals surface area (Å²) in [5.74, 6) is 3.15. The lowest BCUT2D eigenvalue weighted by Gasteiger charge is -2.15. The van der Waals surface area contributed by atoms with Gasteiger partial charge in [-0.1, -0.05) is 30.0 Å². The predicted octanol–water partition coefficient (Wildman–Crippen LogP) is 3.94. The van der Waals surface area contributed by atoms with E-state index in [1.54, 1.807) is 7.11 Å². The summed E-state index contributed by atoms with van der Waals surface area (Å²) in [6.07, 6.45) is 2.22. The Kier molecular flexibility index (Phi) is 7.05. The van der Waals surface area contributed by atoms with Gasteiger partial charge in [0.1, 0.15) is 11.6 Å². The molecule has 1 atom stereocenters. The van der Waals surface area contributed by atoms with Gasteiger partial charge in [-0.2, -0.15) is 15.0 Å². The van der Waals surface area contributed by atoms with Gasteiger partial charge >= 0.3 is 0 Å². The van der Waals surface area contributed by atoms with Crippen LogP contribution in [-0.2, 0) is 17.0 Å². The number of nitrogens with two attached hydrogens (primary N) is 1. The molecular formula is C24H26N8O2S. The van der Waals surface area contributed by atoms with Crippen LogP contribution < -0.4 is 15.8 Å². The molecule has 3 N–H and O–H groups in total. The zero-order valence-corrected chi connectivity index (χ0v) is 20.1. The van der Waals surface area contributed by atoms with Crippen LogP contribution in [0.25, 0.3) is 11.4 Å². The smallest absolute Gasteiger partial charge is 0.232 e. The Bertz CT molecular complexity index is 1260. The zero-order valence-electron chi connectivity index (χ0n) is 19.3. The minimum Gasteiger partial charge on any atom is -0.497 e. The first-order chi connectivity index (χ1) is 17.2. The number of rotatable bonds is 9. The van der Waals surface area contributed by atoms with Crippen LogP contribution in [0, 0.1) is 0 Å². The van der Waals surface area contributed by atoms with E-state index in [1.165, 1.54) is 11.8 Å². The summed E-state index contributed by atoms with van der Waals surface area (Å²) < 4.78 is 13.3. The Morgan fingerprint density at radius 3 is 2.66 bits per heavy atom. The van der Waals surface area contributed by atoms with Crippen molar-refractivity contribution in [1.29, 1.82) is 0 Å². The summed E-state index contributed by atoms with van der Waals surface area (Å²) in [7, 11) is 1.65. The highest BCUT2D eigenvalue weighted by molar-refractivity contribution is 7.98. The Labute approximate surface area is 207 Å². The molecule has 11 heteroatoms. The van der Waals surface area contributed by atoms with Crippen molar-refractivity contribution in [2.75, 3.05) is 24.8 Å². The van der Waals surface area contributed by atoms with E-state index in [-0.39, 0.29) is 12.1 Å². The number of hydrogen-bond acceptors (Lipinski definition) is 10. The minimum absolute atomic E-state index is 0.136. The van der Waals surface area contributed by atoms with Gasteiger partial charge in [-0.3, -0.25) is 4.57 Å². The first-order valence-corrected chi connectivity index (χ1v) is 12.3. The lowest BCUT2D eigenvalue weighted by Crippen LogP contribution is -2.16. The molecular weight excluding hydrogens is 464 g/mol. The summed E-state index contributed by atoms with van der Waals surface area (Å²) >= 11 is 1.50. The standard InChI is InChI=1S/C24H26N8O2S/c1-33-18-11-9-16(10-12-18)21-30-31-24(32(21)14-19-8-5-13-34-19)35-15-20-27-22(25)29-23(28-20)26-17-6-3-2-4-7-17/h2-4,6-7,9-12,19H,5,8,13-15H2,1H3,(H3,25,26,27,28,29)/t19-/m0/s1. The number of methoxy groups -OCH3 is 1. The van der Waals surface area contributed by atoms with E-state index in [9.17, 15) is 0 Å². The maximum Gasteiger partial charge on any atom is 0.232 e. The monoisotopic (exact) mass is 490 g/mol. The second kappa shape index (κ2) is 10.7. The van der Waals surface area contributed by atoms with Gasteiger partial charge in [0.25, 0.3) is 0 Å². The Hall–Kier alpha value is -3.70. The summed E-state index contributed by atoms with van der Waals surface area (Å²) in [5.41, 5.74) is 7.79. The molecule has 1 aliphatic rings. The van der Waals surface area contributed by atoms with Crippen LogP contribution in [0.5, 0.6) is 5.75 Å². The molecule has 4 aromatic rings. The molecule has 1 saturated heterocycles. The maximum absolute atomic E-state index is 5.95. The van der Waals surface area contributed by atoms with Crippen molar-refractivity contribution in [1.82, 2.24) is 29.7 Å². The number of anilines is 3. The van der Waals surface area contributed by atoms with Crippen LogP contribution in [0.4, 0.5) is 17.6 Å². The molecule has 2 aromatic carbocycles. The molecule has 1 fully saturated rings. The highest BCUT2D eigenvalue weighted by Gasteiger charge is 2.22. The van der Waals surface area contributed by atoms with Gasteiger partial charge < -0.3 is 20.5 Å². The summed E-state index contributed by atoms with van der Waals surface area (Å²) in [6.45, 7) is 1.46. The molecule has 0 bridgehead atoms. The number of nitrogens with one attached hydrogen (secondary N) is 1. The average molecular weight is 491 g/mol. The third kappa shape index (κ3) is 5.69. The fourth-order valence-electron chi connectivity index (χ4n) is 3.84. The largest absolute Gasteiger partial charge is 0.497 e. The molecule has 10 nitrogen and oxygen atoms in total. The van der Waals surface area contributed by atoms with Crippen LogP contribution in [0.2, 0.25) is 0 Å². The number of ether oxygens (including phenoxy) is 2. The first-order valence-electron chi connectivity index (χ1n) is 11.3. The van der Waals surface area contributed by atoms with Crippen LogP contribution in [0.1, 0.15) is 18.7 Å². The van der Waals surface area contributed by atoms with Gasteiger partial charge in [0.05, 0.1) is 25.5 Å². The highest BCUT2D eigenvalue weighted by Crippen LogP contribution is 2.29. The van der Waals surface area contributed by atoms with E-state index in [0.29, 0.717) is 24.1 Å². The SMILES string of the molecule is COc1ccc(-c2nnc(SCc3nc(N)nc(Nc4ccccc4)n3)n2C[C@@H]2CCCO2)cc1. The van der Waals surface area contributed by atoms with E-state index in [1.807, 2.05) is 54.6 Å². The van der Waals surface area contributed by atoms with Gasteiger partial charge in [-0.15, -0.1) is 10.2 Å². The topological polar surface area (TPSA) is 126 Å². The molecule has 5 rings (SSSR count). The van der Waals surface area contributed by atoms with Crippen molar-refractivity contribution >= 4 is 29.3 Å². The molecule has 1 aliphatic heterocycles. The minimum atomic E-state index is 0.136. The first kappa shape index (κ1) is 23.1. The second-order valence-electron chi connectivity index (χ2n) is 7.99. The average Bonchev–Trinajstić information content (AvgIpc) is 3.54. The van der Waals surface area contributed by atoms with Crippen molar-refractivity contribution in [3.63, 3.8) is 0 Å². The normalized spacial score (nSPS) is 15.3. The van der Waals surface area contributed by atoms with Gasteiger partial charge in [0.2, 0.25) is 11.9 Å². The molecule has 2 aromatic heterocycles. The molecule has 0 unspecified atom stereocenters. The van der Waals surface area contributed by atoms with Gasteiger partial charge in [0.15, 0.2) is 11.0 Å². The zero-order chi connectivity index (χ0) is 24.0. The third-order valence-corrected chi connectivity index (χ3v) is 6.50. The second-order valence-corrected chi connectivity index (χ2v) is 8.94. The number of para-hydroxylation sites is 1. The van der Waals surface area contributed by atoms with Crippen LogP contribution in [0.3, 0.4) is 0 Å². The van der Waals surface area contributed by atoms with E-state index in [4.69, 9.17) is 15.2 Å². The molecule has 180 valence electrons. The Balaban J connectivity index is 1.37. The quantitative estimate of drug-likeness (QED) is 0.333. The fraction of sp³-hybridized carbons (Fsp3) is 0.292. The van der Waals surface area contributed by atoms with E-state index >= 15 is 0 Å². The molecule has 0 spiro atoms.